The summed E-state index contributed by atoms with van der Waals surface area (Å²) in [6.45, 7) is 1.85. The number of anilines is 1. The number of carbonyl (C=O) groups is 2. The van der Waals surface area contributed by atoms with Crippen molar-refractivity contribution in [3.8, 4) is 11.5 Å². The number of aryl methyl sites for hydroxylation is 1. The molecule has 3 aromatic rings. The van der Waals surface area contributed by atoms with Crippen LogP contribution in [0.5, 0.6) is 11.5 Å². The molecule has 1 saturated heterocycles. The molecular formula is C24H21NO6. The summed E-state index contributed by atoms with van der Waals surface area (Å²) < 4.78 is 16.2. The molecule has 158 valence electrons. The van der Waals surface area contributed by atoms with Gasteiger partial charge in [0.05, 0.1) is 31.6 Å². The van der Waals surface area contributed by atoms with Crippen molar-refractivity contribution in [2.45, 2.75) is 13.0 Å². The van der Waals surface area contributed by atoms with Crippen LogP contribution in [-0.2, 0) is 9.59 Å². The Morgan fingerprint density at radius 3 is 2.45 bits per heavy atom. The number of aliphatic hydroxyl groups is 1. The van der Waals surface area contributed by atoms with Gasteiger partial charge in [-0.2, -0.15) is 0 Å². The number of aliphatic hydroxyl groups excluding tert-OH is 1. The number of furan rings is 1. The van der Waals surface area contributed by atoms with E-state index in [0.29, 0.717) is 22.9 Å². The number of nitrogens with zero attached hydrogens (tertiary/aromatic N) is 1. The van der Waals surface area contributed by atoms with Gasteiger partial charge in [-0.15, -0.1) is 0 Å². The molecule has 7 nitrogen and oxygen atoms in total. The van der Waals surface area contributed by atoms with Crippen LogP contribution in [0.1, 0.15) is 22.9 Å². The summed E-state index contributed by atoms with van der Waals surface area (Å²) in [6.07, 6.45) is 1.46. The fourth-order valence-corrected chi connectivity index (χ4v) is 3.77. The van der Waals surface area contributed by atoms with E-state index in [2.05, 4.69) is 0 Å². The third-order valence-electron chi connectivity index (χ3n) is 5.29. The summed E-state index contributed by atoms with van der Waals surface area (Å²) in [5.41, 5.74) is 1.51. The van der Waals surface area contributed by atoms with Crippen LogP contribution >= 0.6 is 0 Å². The van der Waals surface area contributed by atoms with Crippen molar-refractivity contribution in [2.75, 3.05) is 19.1 Å². The van der Waals surface area contributed by atoms with Gasteiger partial charge in [0.2, 0.25) is 0 Å². The average molecular weight is 419 g/mol. The molecule has 1 unspecified atom stereocenters. The zero-order valence-corrected chi connectivity index (χ0v) is 17.3. The van der Waals surface area contributed by atoms with Gasteiger partial charge in [-0.25, -0.2) is 0 Å². The second-order valence-corrected chi connectivity index (χ2v) is 7.04. The zero-order valence-electron chi connectivity index (χ0n) is 17.3. The third kappa shape index (κ3) is 3.34. The van der Waals surface area contributed by atoms with Crippen molar-refractivity contribution in [2.24, 2.45) is 0 Å². The molecule has 1 amide bonds. The summed E-state index contributed by atoms with van der Waals surface area (Å²) in [5.74, 6) is -0.785. The number of methoxy groups -OCH3 is 2. The van der Waals surface area contributed by atoms with Gasteiger partial charge in [0, 0.05) is 5.69 Å². The van der Waals surface area contributed by atoms with E-state index >= 15 is 0 Å². The number of ether oxygens (including phenoxy) is 2. The van der Waals surface area contributed by atoms with Crippen LogP contribution in [-0.4, -0.2) is 31.0 Å². The van der Waals surface area contributed by atoms with Crippen LogP contribution in [0.25, 0.3) is 5.76 Å². The standard InChI is InChI=1S/C24H21NO6/c1-14-7-4-5-8-17(14)25-21(19-9-6-12-31-19)20(23(27)24(25)28)22(26)16-13-15(29-2)10-11-18(16)30-3/h4-13,21,26H,1-3H3/b22-20-. The first-order chi connectivity index (χ1) is 15.0. The van der Waals surface area contributed by atoms with Crippen molar-refractivity contribution in [1.82, 2.24) is 0 Å². The number of ketones is 1. The van der Waals surface area contributed by atoms with E-state index in [1.165, 1.54) is 25.4 Å². The molecule has 4 rings (SSSR count). The second kappa shape index (κ2) is 8.02. The van der Waals surface area contributed by atoms with Gasteiger partial charge in [0.25, 0.3) is 11.7 Å². The normalized spacial score (nSPS) is 17.8. The smallest absolute Gasteiger partial charge is 0.300 e. The molecule has 1 atom stereocenters. The van der Waals surface area contributed by atoms with E-state index in [1.54, 1.807) is 42.5 Å². The molecule has 1 aliphatic rings. The third-order valence-corrected chi connectivity index (χ3v) is 5.29. The molecule has 0 saturated carbocycles. The fourth-order valence-electron chi connectivity index (χ4n) is 3.77. The maximum absolute atomic E-state index is 13.2. The Balaban J connectivity index is 1.98. The van der Waals surface area contributed by atoms with E-state index in [9.17, 15) is 14.7 Å². The lowest BCUT2D eigenvalue weighted by atomic mass is 9.98. The summed E-state index contributed by atoms with van der Waals surface area (Å²) in [6, 6.07) is 14.5. The Labute approximate surface area is 179 Å². The van der Waals surface area contributed by atoms with E-state index in [4.69, 9.17) is 13.9 Å². The lowest BCUT2D eigenvalue weighted by Crippen LogP contribution is -2.29. The number of para-hydroxylation sites is 1. The first kappa shape index (κ1) is 20.3. The van der Waals surface area contributed by atoms with Gasteiger partial charge in [0.15, 0.2) is 0 Å². The number of hydrogen-bond acceptors (Lipinski definition) is 6. The molecule has 1 aromatic heterocycles. The minimum Gasteiger partial charge on any atom is -0.507 e. The molecular weight excluding hydrogens is 398 g/mol. The van der Waals surface area contributed by atoms with Crippen molar-refractivity contribution in [3.63, 3.8) is 0 Å². The van der Waals surface area contributed by atoms with Crippen molar-refractivity contribution < 1.29 is 28.6 Å². The maximum atomic E-state index is 13.2. The summed E-state index contributed by atoms with van der Waals surface area (Å²) in [7, 11) is 2.94. The second-order valence-electron chi connectivity index (χ2n) is 7.04. The van der Waals surface area contributed by atoms with Crippen LogP contribution in [0.2, 0.25) is 0 Å². The first-order valence-corrected chi connectivity index (χ1v) is 9.60. The minimum atomic E-state index is -0.938. The van der Waals surface area contributed by atoms with Crippen LogP contribution < -0.4 is 14.4 Å². The number of hydrogen-bond donors (Lipinski definition) is 1. The molecule has 2 heterocycles. The molecule has 0 bridgehead atoms. The van der Waals surface area contributed by atoms with E-state index in [-0.39, 0.29) is 16.9 Å². The molecule has 7 heteroatoms. The Hall–Kier alpha value is -4.00. The zero-order chi connectivity index (χ0) is 22.1. The highest BCUT2D eigenvalue weighted by Crippen LogP contribution is 2.44. The van der Waals surface area contributed by atoms with Crippen LogP contribution in [0.15, 0.2) is 70.9 Å². The molecule has 1 aliphatic heterocycles. The van der Waals surface area contributed by atoms with Crippen molar-refractivity contribution >= 4 is 23.1 Å². The number of carbonyl (C=O) groups excluding carboxylic acids is 2. The summed E-state index contributed by atoms with van der Waals surface area (Å²) in [4.78, 5) is 27.6. The van der Waals surface area contributed by atoms with Gasteiger partial charge >= 0.3 is 0 Å². The highest BCUT2D eigenvalue weighted by Gasteiger charge is 2.48. The summed E-state index contributed by atoms with van der Waals surface area (Å²) in [5, 5.41) is 11.2. The lowest BCUT2D eigenvalue weighted by Gasteiger charge is -2.25. The largest absolute Gasteiger partial charge is 0.507 e. The minimum absolute atomic E-state index is 0.0882. The predicted molar refractivity (Wildman–Crippen MR) is 114 cm³/mol. The fraction of sp³-hybridized carbons (Fsp3) is 0.167. The van der Waals surface area contributed by atoms with Crippen LogP contribution in [0.4, 0.5) is 5.69 Å². The van der Waals surface area contributed by atoms with E-state index < -0.39 is 17.7 Å². The van der Waals surface area contributed by atoms with Gasteiger partial charge in [-0.3, -0.25) is 14.5 Å². The van der Waals surface area contributed by atoms with Gasteiger partial charge in [-0.05, 0) is 48.9 Å². The predicted octanol–water partition coefficient (Wildman–Crippen LogP) is 4.23. The number of rotatable bonds is 5. The molecule has 0 spiro atoms. The highest BCUT2D eigenvalue weighted by molar-refractivity contribution is 6.51. The highest BCUT2D eigenvalue weighted by atomic mass is 16.5. The van der Waals surface area contributed by atoms with Gasteiger partial charge in [-0.1, -0.05) is 18.2 Å². The Morgan fingerprint density at radius 1 is 1.03 bits per heavy atom. The maximum Gasteiger partial charge on any atom is 0.300 e. The first-order valence-electron chi connectivity index (χ1n) is 9.60. The molecule has 31 heavy (non-hydrogen) atoms. The quantitative estimate of drug-likeness (QED) is 0.378. The SMILES string of the molecule is COc1ccc(OC)c(/C(O)=C2/C(=O)C(=O)N(c3ccccc3C)C2c2ccco2)c1. The van der Waals surface area contributed by atoms with Crippen molar-refractivity contribution in [1.29, 1.82) is 0 Å². The molecule has 2 aromatic carbocycles. The molecule has 1 fully saturated rings. The molecule has 1 N–H and O–H groups in total. The van der Waals surface area contributed by atoms with Crippen LogP contribution in [0, 0.1) is 6.92 Å². The summed E-state index contributed by atoms with van der Waals surface area (Å²) >= 11 is 0. The Kier molecular flexibility index (Phi) is 5.25. The molecule has 0 radical (unpaired) electrons. The number of Topliss-reactive ketones (excluding diaryl/α,β-unsaturated/α-hetero) is 1. The monoisotopic (exact) mass is 419 g/mol. The van der Waals surface area contributed by atoms with Crippen molar-refractivity contribution in [3.05, 3.63) is 83.3 Å². The Bertz CT molecular complexity index is 1180. The number of benzene rings is 2. The van der Waals surface area contributed by atoms with Gasteiger partial charge < -0.3 is 19.0 Å². The van der Waals surface area contributed by atoms with Gasteiger partial charge in [0.1, 0.15) is 29.1 Å². The Morgan fingerprint density at radius 2 is 1.81 bits per heavy atom. The van der Waals surface area contributed by atoms with Crippen LogP contribution in [0.3, 0.4) is 0 Å². The van der Waals surface area contributed by atoms with E-state index in [1.807, 2.05) is 19.1 Å². The molecule has 0 aliphatic carbocycles. The topological polar surface area (TPSA) is 89.2 Å². The average Bonchev–Trinajstić information content (AvgIpc) is 3.40. The lowest BCUT2D eigenvalue weighted by molar-refractivity contribution is -0.132. The number of amides is 1. The van der Waals surface area contributed by atoms with E-state index in [0.717, 1.165) is 5.56 Å².